The monoisotopic (exact) mass is 442 g/mol. The molecule has 2 unspecified atom stereocenters. The minimum atomic E-state index is -0.406. The predicted molar refractivity (Wildman–Crippen MR) is 121 cm³/mol. The van der Waals surface area contributed by atoms with E-state index in [9.17, 15) is 9.59 Å². The first-order chi connectivity index (χ1) is 15.1. The molecule has 0 spiro atoms. The number of aryl methyl sites for hydroxylation is 1. The molecule has 2 atom stereocenters. The standard InChI is InChI=1S/C23H30N4O3S/c1-16-5-2-3-6-17(16)15-30-20-13-18-7-8-19(14-20)25(18)9-4-10-26-21(28)24-22-27(23(26)29)11-12-31-22/h2-3,5-6,18-20H,4,7-15H2,1H3. The molecule has 2 fully saturated rings. The second kappa shape index (κ2) is 8.92. The smallest absolute Gasteiger partial charge is 0.354 e. The van der Waals surface area contributed by atoms with E-state index >= 15 is 0 Å². The van der Waals surface area contributed by atoms with E-state index in [0.717, 1.165) is 31.6 Å². The van der Waals surface area contributed by atoms with Gasteiger partial charge in [0.15, 0.2) is 5.16 Å². The van der Waals surface area contributed by atoms with Crippen molar-refractivity contribution >= 4 is 11.8 Å². The maximum atomic E-state index is 12.6. The van der Waals surface area contributed by atoms with Crippen molar-refractivity contribution in [3.8, 4) is 0 Å². The number of ether oxygens (including phenoxy) is 1. The van der Waals surface area contributed by atoms with E-state index in [2.05, 4.69) is 41.1 Å². The average Bonchev–Trinajstić information content (AvgIpc) is 3.31. The Morgan fingerprint density at radius 1 is 1.13 bits per heavy atom. The van der Waals surface area contributed by atoms with Gasteiger partial charge in [0.05, 0.1) is 12.7 Å². The molecule has 0 aliphatic carbocycles. The molecule has 7 nitrogen and oxygen atoms in total. The topological polar surface area (TPSA) is 69.4 Å². The van der Waals surface area contributed by atoms with Crippen molar-refractivity contribution in [2.45, 2.75) is 82.1 Å². The molecule has 2 saturated heterocycles. The van der Waals surface area contributed by atoms with Crippen LogP contribution in [-0.4, -0.2) is 49.5 Å². The lowest BCUT2D eigenvalue weighted by Crippen LogP contribution is -2.46. The number of thioether (sulfide) groups is 1. The Labute approximate surface area is 186 Å². The van der Waals surface area contributed by atoms with Crippen LogP contribution in [0.5, 0.6) is 0 Å². The van der Waals surface area contributed by atoms with E-state index in [0.29, 0.717) is 43.0 Å². The summed E-state index contributed by atoms with van der Waals surface area (Å²) in [4.78, 5) is 31.6. The van der Waals surface area contributed by atoms with Crippen LogP contribution in [0.3, 0.4) is 0 Å². The van der Waals surface area contributed by atoms with Crippen LogP contribution in [0.4, 0.5) is 0 Å². The summed E-state index contributed by atoms with van der Waals surface area (Å²) in [7, 11) is 0. The molecule has 3 aliphatic heterocycles. The van der Waals surface area contributed by atoms with E-state index in [-0.39, 0.29) is 5.69 Å². The van der Waals surface area contributed by atoms with Gasteiger partial charge in [-0.3, -0.25) is 9.47 Å². The zero-order valence-corrected chi connectivity index (χ0v) is 18.9. The Morgan fingerprint density at radius 3 is 2.68 bits per heavy atom. The third-order valence-electron chi connectivity index (χ3n) is 7.04. The summed E-state index contributed by atoms with van der Waals surface area (Å²) in [5, 5.41) is 0.567. The zero-order chi connectivity index (χ0) is 21.4. The van der Waals surface area contributed by atoms with Gasteiger partial charge in [-0.1, -0.05) is 36.0 Å². The molecule has 1 aromatic carbocycles. The second-order valence-electron chi connectivity index (χ2n) is 8.92. The van der Waals surface area contributed by atoms with Gasteiger partial charge >= 0.3 is 11.4 Å². The van der Waals surface area contributed by atoms with Gasteiger partial charge in [-0.25, -0.2) is 14.2 Å². The van der Waals surface area contributed by atoms with Crippen molar-refractivity contribution < 1.29 is 4.74 Å². The summed E-state index contributed by atoms with van der Waals surface area (Å²) in [6.45, 7) is 4.83. The Bertz CT molecular complexity index is 1050. The normalized spacial score (nSPS) is 25.1. The fourth-order valence-electron chi connectivity index (χ4n) is 5.35. The van der Waals surface area contributed by atoms with Crippen LogP contribution in [0.25, 0.3) is 0 Å². The van der Waals surface area contributed by atoms with Crippen molar-refractivity contribution in [1.82, 2.24) is 19.0 Å². The lowest BCUT2D eigenvalue weighted by molar-refractivity contribution is -0.0287. The van der Waals surface area contributed by atoms with Crippen LogP contribution in [0, 0.1) is 6.92 Å². The molecule has 4 heterocycles. The molecule has 166 valence electrons. The highest BCUT2D eigenvalue weighted by Crippen LogP contribution is 2.37. The second-order valence-corrected chi connectivity index (χ2v) is 9.98. The molecule has 1 aromatic heterocycles. The van der Waals surface area contributed by atoms with Crippen molar-refractivity contribution in [3.63, 3.8) is 0 Å². The molecule has 2 bridgehead atoms. The van der Waals surface area contributed by atoms with E-state index in [1.54, 1.807) is 4.57 Å². The fraction of sp³-hybridized carbons (Fsp3) is 0.609. The maximum Gasteiger partial charge on any atom is 0.354 e. The molecular formula is C23H30N4O3S. The quantitative estimate of drug-likeness (QED) is 0.656. The number of aromatic nitrogens is 3. The lowest BCUT2D eigenvalue weighted by Gasteiger charge is -2.39. The highest BCUT2D eigenvalue weighted by Gasteiger charge is 2.40. The molecule has 0 radical (unpaired) electrons. The molecular weight excluding hydrogens is 412 g/mol. The lowest BCUT2D eigenvalue weighted by atomic mass is 9.99. The summed E-state index contributed by atoms with van der Waals surface area (Å²) >= 11 is 1.48. The highest BCUT2D eigenvalue weighted by molar-refractivity contribution is 7.99. The van der Waals surface area contributed by atoms with E-state index in [1.807, 2.05) is 0 Å². The minimum absolute atomic E-state index is 0.203. The number of hydrogen-bond acceptors (Lipinski definition) is 6. The number of piperidine rings is 1. The molecule has 0 saturated carbocycles. The number of rotatable bonds is 7. The van der Waals surface area contributed by atoms with Crippen LogP contribution in [0.1, 0.15) is 43.2 Å². The number of fused-ring (bicyclic) bond motifs is 3. The SMILES string of the molecule is Cc1ccccc1COC1CC2CCC(C1)N2CCCn1c(=O)nc2n(c1=O)CCS2. The first-order valence-electron chi connectivity index (χ1n) is 11.4. The van der Waals surface area contributed by atoms with Crippen LogP contribution >= 0.6 is 11.8 Å². The summed E-state index contributed by atoms with van der Waals surface area (Å²) in [5.41, 5.74) is 1.95. The van der Waals surface area contributed by atoms with Crippen LogP contribution in [0.2, 0.25) is 0 Å². The van der Waals surface area contributed by atoms with Crippen LogP contribution in [-0.2, 0) is 24.4 Å². The van der Waals surface area contributed by atoms with Gasteiger partial charge in [0, 0.05) is 37.5 Å². The Kier molecular flexibility index (Phi) is 6.03. The molecule has 5 rings (SSSR count). The summed E-state index contributed by atoms with van der Waals surface area (Å²) < 4.78 is 9.25. The van der Waals surface area contributed by atoms with Crippen molar-refractivity contribution in [1.29, 1.82) is 0 Å². The number of benzene rings is 1. The van der Waals surface area contributed by atoms with Gasteiger partial charge in [0.2, 0.25) is 0 Å². The van der Waals surface area contributed by atoms with Crippen LogP contribution < -0.4 is 11.4 Å². The van der Waals surface area contributed by atoms with Crippen molar-refractivity contribution in [2.24, 2.45) is 0 Å². The molecule has 2 aromatic rings. The number of nitrogens with zero attached hydrogens (tertiary/aromatic N) is 4. The summed E-state index contributed by atoms with van der Waals surface area (Å²) in [5.74, 6) is 0.815. The molecule has 8 heteroatoms. The third-order valence-corrected chi connectivity index (χ3v) is 7.99. The van der Waals surface area contributed by atoms with Gasteiger partial charge < -0.3 is 4.74 Å². The maximum absolute atomic E-state index is 12.6. The fourth-order valence-corrected chi connectivity index (χ4v) is 6.27. The largest absolute Gasteiger partial charge is 0.373 e. The van der Waals surface area contributed by atoms with Gasteiger partial charge in [-0.15, -0.1) is 0 Å². The van der Waals surface area contributed by atoms with E-state index < -0.39 is 5.69 Å². The summed E-state index contributed by atoms with van der Waals surface area (Å²) in [6, 6.07) is 9.52. The summed E-state index contributed by atoms with van der Waals surface area (Å²) in [6.07, 6.45) is 5.69. The highest BCUT2D eigenvalue weighted by atomic mass is 32.2. The molecule has 3 aliphatic rings. The van der Waals surface area contributed by atoms with Gasteiger partial charge in [0.1, 0.15) is 0 Å². The van der Waals surface area contributed by atoms with Crippen molar-refractivity contribution in [3.05, 3.63) is 56.4 Å². The molecule has 31 heavy (non-hydrogen) atoms. The Hall–Kier alpha value is -1.90. The molecule has 0 amide bonds. The predicted octanol–water partition coefficient (Wildman–Crippen LogP) is 2.42. The van der Waals surface area contributed by atoms with E-state index in [4.69, 9.17) is 4.74 Å². The number of hydrogen-bond donors (Lipinski definition) is 0. The van der Waals surface area contributed by atoms with E-state index in [1.165, 1.54) is 40.3 Å². The van der Waals surface area contributed by atoms with Gasteiger partial charge in [-0.05, 0) is 50.2 Å². The Morgan fingerprint density at radius 2 is 1.90 bits per heavy atom. The Balaban J connectivity index is 1.15. The van der Waals surface area contributed by atoms with Gasteiger partial charge in [-0.2, -0.15) is 4.98 Å². The van der Waals surface area contributed by atoms with Gasteiger partial charge in [0.25, 0.3) is 0 Å². The zero-order valence-electron chi connectivity index (χ0n) is 18.0. The average molecular weight is 443 g/mol. The third kappa shape index (κ3) is 4.25. The molecule has 0 N–H and O–H groups in total. The van der Waals surface area contributed by atoms with Crippen LogP contribution in [0.15, 0.2) is 39.0 Å². The first kappa shape index (κ1) is 21.0. The first-order valence-corrected chi connectivity index (χ1v) is 12.3. The van der Waals surface area contributed by atoms with Crippen molar-refractivity contribution in [2.75, 3.05) is 12.3 Å². The minimum Gasteiger partial charge on any atom is -0.373 e.